The van der Waals surface area contributed by atoms with Gasteiger partial charge < -0.3 is 15.1 Å². The predicted octanol–water partition coefficient (Wildman–Crippen LogP) is 3.00. The lowest BCUT2D eigenvalue weighted by atomic mass is 10.3. The molecule has 6 nitrogen and oxygen atoms in total. The monoisotopic (exact) mass is 295 g/mol. The van der Waals surface area contributed by atoms with E-state index in [1.165, 1.54) is 0 Å². The van der Waals surface area contributed by atoms with Crippen LogP contribution in [0, 0.1) is 6.92 Å². The summed E-state index contributed by atoms with van der Waals surface area (Å²) in [5.41, 5.74) is 1.15. The first-order valence-electron chi connectivity index (χ1n) is 7.04. The Morgan fingerprint density at radius 1 is 1.00 bits per heavy atom. The Labute approximate surface area is 128 Å². The van der Waals surface area contributed by atoms with Crippen molar-refractivity contribution in [2.75, 3.05) is 10.6 Å². The maximum absolute atomic E-state index is 5.29. The van der Waals surface area contributed by atoms with Crippen molar-refractivity contribution in [1.29, 1.82) is 0 Å². The Morgan fingerprint density at radius 2 is 1.73 bits per heavy atom. The van der Waals surface area contributed by atoms with E-state index in [-0.39, 0.29) is 0 Å². The molecule has 2 N–H and O–H groups in total. The summed E-state index contributed by atoms with van der Waals surface area (Å²) in [5, 5.41) is 6.52. The second-order valence-electron chi connectivity index (χ2n) is 4.83. The van der Waals surface area contributed by atoms with Crippen LogP contribution in [-0.2, 0) is 13.1 Å². The highest BCUT2D eigenvalue weighted by Crippen LogP contribution is 2.13. The molecule has 0 aliphatic heterocycles. The summed E-state index contributed by atoms with van der Waals surface area (Å²) >= 11 is 0. The van der Waals surface area contributed by atoms with E-state index in [1.807, 2.05) is 37.3 Å². The average molecular weight is 295 g/mol. The standard InChI is InChI=1S/C16H17N5O/c1-12-20-15(18-10-13-4-6-17-7-5-13)9-16(21-12)19-11-14-3-2-8-22-14/h2-9H,10-11H2,1H3,(H2,18,19,20,21). The van der Waals surface area contributed by atoms with Gasteiger partial charge in [-0.3, -0.25) is 4.98 Å². The van der Waals surface area contributed by atoms with Crippen molar-refractivity contribution in [2.45, 2.75) is 20.0 Å². The zero-order chi connectivity index (χ0) is 15.2. The van der Waals surface area contributed by atoms with Crippen LogP contribution in [0.2, 0.25) is 0 Å². The smallest absolute Gasteiger partial charge is 0.132 e. The van der Waals surface area contributed by atoms with Gasteiger partial charge in [0.1, 0.15) is 23.2 Å². The number of hydrogen-bond donors (Lipinski definition) is 2. The normalized spacial score (nSPS) is 10.4. The molecule has 3 aromatic heterocycles. The van der Waals surface area contributed by atoms with Gasteiger partial charge in [0.25, 0.3) is 0 Å². The van der Waals surface area contributed by atoms with E-state index in [1.54, 1.807) is 18.7 Å². The van der Waals surface area contributed by atoms with Gasteiger partial charge in [0.2, 0.25) is 0 Å². The molecule has 3 aromatic rings. The van der Waals surface area contributed by atoms with E-state index < -0.39 is 0 Å². The van der Waals surface area contributed by atoms with Crippen LogP contribution in [0.5, 0.6) is 0 Å². The number of aryl methyl sites for hydroxylation is 1. The second-order valence-corrected chi connectivity index (χ2v) is 4.83. The van der Waals surface area contributed by atoms with Crippen LogP contribution in [0.1, 0.15) is 17.1 Å². The van der Waals surface area contributed by atoms with Crippen LogP contribution in [0.4, 0.5) is 11.6 Å². The molecule has 0 aromatic carbocycles. The number of pyridine rings is 1. The van der Waals surface area contributed by atoms with E-state index in [0.717, 1.165) is 23.0 Å². The zero-order valence-corrected chi connectivity index (χ0v) is 12.3. The third-order valence-corrected chi connectivity index (χ3v) is 3.08. The number of anilines is 2. The molecule has 0 fully saturated rings. The Kier molecular flexibility index (Phi) is 4.29. The summed E-state index contributed by atoms with van der Waals surface area (Å²) in [6.45, 7) is 3.15. The van der Waals surface area contributed by atoms with Crippen LogP contribution in [-0.4, -0.2) is 15.0 Å². The summed E-state index contributed by atoms with van der Waals surface area (Å²) in [6.07, 6.45) is 5.21. The molecule has 0 bridgehead atoms. The van der Waals surface area contributed by atoms with E-state index in [2.05, 4.69) is 25.6 Å². The molecular weight excluding hydrogens is 278 g/mol. The summed E-state index contributed by atoms with van der Waals surface area (Å²) < 4.78 is 5.29. The van der Waals surface area contributed by atoms with Gasteiger partial charge >= 0.3 is 0 Å². The van der Waals surface area contributed by atoms with Crippen molar-refractivity contribution in [3.8, 4) is 0 Å². The molecule has 0 radical (unpaired) electrons. The van der Waals surface area contributed by atoms with Crippen molar-refractivity contribution in [3.63, 3.8) is 0 Å². The molecule has 3 heterocycles. The molecule has 6 heteroatoms. The molecule has 0 aliphatic rings. The molecule has 0 amide bonds. The van der Waals surface area contributed by atoms with Crippen LogP contribution >= 0.6 is 0 Å². The fourth-order valence-corrected chi connectivity index (χ4v) is 2.03. The van der Waals surface area contributed by atoms with Crippen molar-refractivity contribution in [3.05, 3.63) is 66.1 Å². The van der Waals surface area contributed by atoms with Gasteiger partial charge in [-0.25, -0.2) is 9.97 Å². The van der Waals surface area contributed by atoms with E-state index in [0.29, 0.717) is 18.9 Å². The van der Waals surface area contributed by atoms with Gasteiger partial charge in [-0.05, 0) is 36.8 Å². The van der Waals surface area contributed by atoms with E-state index in [4.69, 9.17) is 4.42 Å². The lowest BCUT2D eigenvalue weighted by Crippen LogP contribution is -2.07. The molecule has 112 valence electrons. The number of aromatic nitrogens is 3. The molecule has 0 saturated heterocycles. The number of furan rings is 1. The van der Waals surface area contributed by atoms with Crippen molar-refractivity contribution < 1.29 is 4.42 Å². The SMILES string of the molecule is Cc1nc(NCc2ccncc2)cc(NCc2ccco2)n1. The first kappa shape index (κ1) is 14.1. The summed E-state index contributed by atoms with van der Waals surface area (Å²) in [4.78, 5) is 12.8. The van der Waals surface area contributed by atoms with Gasteiger partial charge in [0.05, 0.1) is 12.8 Å². The molecule has 0 saturated carbocycles. The number of nitrogens with zero attached hydrogens (tertiary/aromatic N) is 3. The first-order valence-corrected chi connectivity index (χ1v) is 7.04. The molecule has 0 spiro atoms. The Morgan fingerprint density at radius 3 is 2.41 bits per heavy atom. The van der Waals surface area contributed by atoms with Crippen molar-refractivity contribution in [2.24, 2.45) is 0 Å². The van der Waals surface area contributed by atoms with Gasteiger partial charge in [-0.15, -0.1) is 0 Å². The van der Waals surface area contributed by atoms with Gasteiger partial charge in [0.15, 0.2) is 0 Å². The van der Waals surface area contributed by atoms with Gasteiger partial charge in [0, 0.05) is 25.0 Å². The number of rotatable bonds is 6. The third-order valence-electron chi connectivity index (χ3n) is 3.08. The maximum Gasteiger partial charge on any atom is 0.132 e. The van der Waals surface area contributed by atoms with Crippen LogP contribution < -0.4 is 10.6 Å². The minimum Gasteiger partial charge on any atom is -0.467 e. The fraction of sp³-hybridized carbons (Fsp3) is 0.188. The highest BCUT2D eigenvalue weighted by molar-refractivity contribution is 5.47. The maximum atomic E-state index is 5.29. The second kappa shape index (κ2) is 6.71. The summed E-state index contributed by atoms with van der Waals surface area (Å²) in [5.74, 6) is 3.12. The fourth-order valence-electron chi connectivity index (χ4n) is 2.03. The average Bonchev–Trinajstić information content (AvgIpc) is 3.05. The molecule has 0 aliphatic carbocycles. The molecular formula is C16H17N5O. The third kappa shape index (κ3) is 3.82. The minimum atomic E-state index is 0.591. The largest absolute Gasteiger partial charge is 0.467 e. The van der Waals surface area contributed by atoms with Crippen LogP contribution in [0.3, 0.4) is 0 Å². The van der Waals surface area contributed by atoms with Crippen molar-refractivity contribution >= 4 is 11.6 Å². The highest BCUT2D eigenvalue weighted by atomic mass is 16.3. The lowest BCUT2D eigenvalue weighted by molar-refractivity contribution is 0.518. The van der Waals surface area contributed by atoms with E-state index >= 15 is 0 Å². The highest BCUT2D eigenvalue weighted by Gasteiger charge is 2.03. The summed E-state index contributed by atoms with van der Waals surface area (Å²) in [6, 6.07) is 9.61. The molecule has 0 atom stereocenters. The van der Waals surface area contributed by atoms with Crippen LogP contribution in [0.15, 0.2) is 53.4 Å². The number of nitrogens with one attached hydrogen (secondary N) is 2. The first-order chi connectivity index (χ1) is 10.8. The van der Waals surface area contributed by atoms with Crippen LogP contribution in [0.25, 0.3) is 0 Å². The Balaban J connectivity index is 1.64. The minimum absolute atomic E-state index is 0.591. The molecule has 3 rings (SSSR count). The lowest BCUT2D eigenvalue weighted by Gasteiger charge is -2.09. The predicted molar refractivity (Wildman–Crippen MR) is 84.4 cm³/mol. The Hall–Kier alpha value is -2.89. The molecule has 0 unspecified atom stereocenters. The quantitative estimate of drug-likeness (QED) is 0.728. The zero-order valence-electron chi connectivity index (χ0n) is 12.3. The number of hydrogen-bond acceptors (Lipinski definition) is 6. The van der Waals surface area contributed by atoms with Gasteiger partial charge in [-0.2, -0.15) is 0 Å². The Bertz CT molecular complexity index is 713. The summed E-state index contributed by atoms with van der Waals surface area (Å²) in [7, 11) is 0. The van der Waals surface area contributed by atoms with E-state index in [9.17, 15) is 0 Å². The topological polar surface area (TPSA) is 75.9 Å². The van der Waals surface area contributed by atoms with Crippen molar-refractivity contribution in [1.82, 2.24) is 15.0 Å². The molecule has 22 heavy (non-hydrogen) atoms. The van der Waals surface area contributed by atoms with Gasteiger partial charge in [-0.1, -0.05) is 0 Å².